The topological polar surface area (TPSA) is 26.0 Å². The van der Waals surface area contributed by atoms with Crippen LogP contribution in [0.3, 0.4) is 0 Å². The van der Waals surface area contributed by atoms with Gasteiger partial charge < -0.3 is 5.73 Å². The van der Waals surface area contributed by atoms with Crippen molar-refractivity contribution in [3.8, 4) is 0 Å². The van der Waals surface area contributed by atoms with Crippen molar-refractivity contribution in [2.75, 3.05) is 12.3 Å². The average Bonchev–Trinajstić information content (AvgIpc) is 2.46. The summed E-state index contributed by atoms with van der Waals surface area (Å²) in [5.41, 5.74) is 5.52. The fraction of sp³-hybridized carbons (Fsp3) is 1.00. The second kappa shape index (κ2) is 20.6. The van der Waals surface area contributed by atoms with Gasteiger partial charge in [-0.05, 0) is 6.42 Å². The van der Waals surface area contributed by atoms with Gasteiger partial charge in [0.1, 0.15) is 0 Å². The van der Waals surface area contributed by atoms with Crippen molar-refractivity contribution in [1.29, 1.82) is 0 Å². The molecule has 0 heterocycles. The van der Waals surface area contributed by atoms with Gasteiger partial charge in [-0.3, -0.25) is 0 Å². The molecule has 1 unspecified atom stereocenters. The molecule has 2 N–H and O–H groups in total. The van der Waals surface area contributed by atoms with E-state index in [9.17, 15) is 0 Å². The highest BCUT2D eigenvalue weighted by molar-refractivity contribution is 7.99. The minimum absolute atomic E-state index is 0. The first kappa shape index (κ1) is 23.9. The maximum atomic E-state index is 5.52. The minimum atomic E-state index is 0. The van der Waals surface area contributed by atoms with Crippen LogP contribution in [0.4, 0.5) is 0 Å². The Hall–Kier alpha value is 0.600. The molecule has 0 spiro atoms. The molecule has 0 aliphatic carbocycles. The average molecular weight is 338 g/mol. The maximum Gasteiger partial charge on any atom is 0.00585 e. The van der Waals surface area contributed by atoms with E-state index in [2.05, 4.69) is 13.8 Å². The van der Waals surface area contributed by atoms with E-state index in [4.69, 9.17) is 5.73 Å². The molecular formula is C18H40ClNS. The van der Waals surface area contributed by atoms with E-state index in [1.165, 1.54) is 83.5 Å². The molecule has 0 aromatic heterocycles. The zero-order valence-corrected chi connectivity index (χ0v) is 16.2. The highest BCUT2D eigenvalue weighted by atomic mass is 35.5. The fourth-order valence-corrected chi connectivity index (χ4v) is 3.50. The molecule has 0 aliphatic heterocycles. The molecule has 0 rings (SSSR count). The van der Waals surface area contributed by atoms with Crippen LogP contribution in [0.2, 0.25) is 0 Å². The lowest BCUT2D eigenvalue weighted by Crippen LogP contribution is -2.05. The van der Waals surface area contributed by atoms with Crippen molar-refractivity contribution in [3.63, 3.8) is 0 Å². The molecule has 0 aromatic rings. The van der Waals surface area contributed by atoms with Crippen molar-refractivity contribution in [2.24, 2.45) is 5.73 Å². The summed E-state index contributed by atoms with van der Waals surface area (Å²) in [5.74, 6) is 1.12. The summed E-state index contributed by atoms with van der Waals surface area (Å²) in [7, 11) is 0. The van der Waals surface area contributed by atoms with E-state index in [-0.39, 0.29) is 12.4 Å². The molecule has 0 saturated heterocycles. The van der Waals surface area contributed by atoms with Gasteiger partial charge in [0.05, 0.1) is 0 Å². The number of thioether (sulfide) groups is 1. The van der Waals surface area contributed by atoms with Gasteiger partial charge >= 0.3 is 0 Å². The van der Waals surface area contributed by atoms with E-state index < -0.39 is 0 Å². The molecule has 0 amide bonds. The third kappa shape index (κ3) is 20.6. The van der Waals surface area contributed by atoms with Crippen LogP contribution >= 0.6 is 24.2 Å². The lowest BCUT2D eigenvalue weighted by molar-refractivity contribution is 0.539. The second-order valence-electron chi connectivity index (χ2n) is 6.15. The first-order valence-corrected chi connectivity index (χ1v) is 10.2. The van der Waals surface area contributed by atoms with Gasteiger partial charge in [0.2, 0.25) is 0 Å². The van der Waals surface area contributed by atoms with Crippen molar-refractivity contribution in [1.82, 2.24) is 0 Å². The Bertz CT molecular complexity index is 179. The fourth-order valence-electron chi connectivity index (χ4n) is 2.63. The molecule has 0 bridgehead atoms. The molecule has 1 atom stereocenters. The molecule has 0 aliphatic rings. The number of nitrogens with two attached hydrogens (primary N) is 1. The van der Waals surface area contributed by atoms with E-state index in [1.54, 1.807) is 0 Å². The summed E-state index contributed by atoms with van der Waals surface area (Å²) in [5, 5.41) is 0.807. The van der Waals surface area contributed by atoms with Gasteiger partial charge in [0.15, 0.2) is 0 Å². The van der Waals surface area contributed by atoms with E-state index in [1.807, 2.05) is 11.8 Å². The largest absolute Gasteiger partial charge is 0.330 e. The number of unbranched alkanes of at least 4 members (excludes halogenated alkanes) is 11. The van der Waals surface area contributed by atoms with Crippen LogP contribution in [-0.4, -0.2) is 17.5 Å². The smallest absolute Gasteiger partial charge is 0.00585 e. The van der Waals surface area contributed by atoms with E-state index in [0.717, 1.165) is 17.5 Å². The molecule has 21 heavy (non-hydrogen) atoms. The van der Waals surface area contributed by atoms with Crippen molar-refractivity contribution in [3.05, 3.63) is 0 Å². The van der Waals surface area contributed by atoms with Gasteiger partial charge in [-0.2, -0.15) is 11.8 Å². The van der Waals surface area contributed by atoms with Crippen LogP contribution in [-0.2, 0) is 0 Å². The minimum Gasteiger partial charge on any atom is -0.330 e. The zero-order valence-electron chi connectivity index (χ0n) is 14.6. The van der Waals surface area contributed by atoms with E-state index in [0.29, 0.717) is 0 Å². The van der Waals surface area contributed by atoms with Crippen molar-refractivity contribution < 1.29 is 0 Å². The molecule has 0 radical (unpaired) electrons. The van der Waals surface area contributed by atoms with Crippen molar-refractivity contribution in [2.45, 2.75) is 103 Å². The molecule has 3 heteroatoms. The van der Waals surface area contributed by atoms with Gasteiger partial charge in [-0.15, -0.1) is 12.4 Å². The van der Waals surface area contributed by atoms with Crippen LogP contribution < -0.4 is 5.73 Å². The predicted molar refractivity (Wildman–Crippen MR) is 104 cm³/mol. The number of rotatable bonds is 16. The number of halogens is 1. The van der Waals surface area contributed by atoms with Crippen LogP contribution in [0, 0.1) is 0 Å². The molecule has 1 nitrogen and oxygen atoms in total. The highest BCUT2D eigenvalue weighted by Crippen LogP contribution is 2.18. The van der Waals surface area contributed by atoms with Crippen molar-refractivity contribution >= 4 is 24.2 Å². The summed E-state index contributed by atoms with van der Waals surface area (Å²) >= 11 is 2.03. The summed E-state index contributed by atoms with van der Waals surface area (Å²) in [4.78, 5) is 0. The standard InChI is InChI=1S/C18H39NS.ClH/c1-3-4-5-6-7-8-9-10-11-12-13-14-15-18(2)20-17-16-19;/h18H,3-17,19H2,1-2H3;1H. The van der Waals surface area contributed by atoms with E-state index >= 15 is 0 Å². The Balaban J connectivity index is 0. The maximum absolute atomic E-state index is 5.52. The third-order valence-corrected chi connectivity index (χ3v) is 5.26. The summed E-state index contributed by atoms with van der Waals surface area (Å²) in [6.07, 6.45) is 18.7. The quantitative estimate of drug-likeness (QED) is 0.322. The SMILES string of the molecule is CCCCCCCCCCCCCCC(C)SCCN.Cl. The highest BCUT2D eigenvalue weighted by Gasteiger charge is 2.01. The summed E-state index contributed by atoms with van der Waals surface area (Å²) < 4.78 is 0. The van der Waals surface area contributed by atoms with Gasteiger partial charge in [0.25, 0.3) is 0 Å². The lowest BCUT2D eigenvalue weighted by Gasteiger charge is -2.09. The Morgan fingerprint density at radius 3 is 1.62 bits per heavy atom. The zero-order chi connectivity index (χ0) is 14.9. The Labute approximate surface area is 145 Å². The normalized spacial score (nSPS) is 12.1. The van der Waals surface area contributed by atoms with Gasteiger partial charge in [-0.25, -0.2) is 0 Å². The van der Waals surface area contributed by atoms with Crippen LogP contribution in [0.25, 0.3) is 0 Å². The molecule has 0 saturated carbocycles. The number of hydrogen-bond donors (Lipinski definition) is 1. The Kier molecular flexibility index (Phi) is 23.4. The molecule has 130 valence electrons. The van der Waals surface area contributed by atoms with Crippen LogP contribution in [0.15, 0.2) is 0 Å². The monoisotopic (exact) mass is 337 g/mol. The summed E-state index contributed by atoms with van der Waals surface area (Å²) in [6, 6.07) is 0. The third-order valence-electron chi connectivity index (χ3n) is 3.98. The lowest BCUT2D eigenvalue weighted by atomic mass is 10.0. The Morgan fingerprint density at radius 1 is 0.762 bits per heavy atom. The number of hydrogen-bond acceptors (Lipinski definition) is 2. The van der Waals surface area contributed by atoms with Crippen LogP contribution in [0.1, 0.15) is 97.3 Å². The summed E-state index contributed by atoms with van der Waals surface area (Å²) in [6.45, 7) is 5.46. The molecular weight excluding hydrogens is 298 g/mol. The van der Waals surface area contributed by atoms with Crippen LogP contribution in [0.5, 0.6) is 0 Å². The Morgan fingerprint density at radius 2 is 1.19 bits per heavy atom. The predicted octanol–water partition coefficient (Wildman–Crippen LogP) is 6.58. The molecule has 0 fully saturated rings. The second-order valence-corrected chi connectivity index (χ2v) is 7.69. The van der Waals surface area contributed by atoms with Gasteiger partial charge in [-0.1, -0.05) is 90.9 Å². The first-order chi connectivity index (χ1) is 9.81. The van der Waals surface area contributed by atoms with Gasteiger partial charge in [0, 0.05) is 17.5 Å². The molecule has 0 aromatic carbocycles. The first-order valence-electron chi connectivity index (χ1n) is 9.13.